The molecule has 0 aromatic heterocycles. The van der Waals surface area contributed by atoms with Crippen LogP contribution in [0.3, 0.4) is 0 Å². The van der Waals surface area contributed by atoms with E-state index in [-0.39, 0.29) is 0 Å². The van der Waals surface area contributed by atoms with Gasteiger partial charge in [-0.2, -0.15) is 0 Å². The largest absolute Gasteiger partial charge is 0.313 e. The fourth-order valence-electron chi connectivity index (χ4n) is 2.32. The molecule has 84 valence electrons. The monoisotopic (exact) mass is 205 g/mol. The van der Waals surface area contributed by atoms with Crippen molar-refractivity contribution in [1.82, 2.24) is 5.32 Å². The van der Waals surface area contributed by atoms with Gasteiger partial charge in [0.05, 0.1) is 0 Å². The Labute approximate surface area is 93.9 Å². The molecule has 0 bridgehead atoms. The zero-order valence-corrected chi connectivity index (χ0v) is 11.1. The molecule has 1 atom stereocenters. The molecule has 1 heteroatoms. The highest BCUT2D eigenvalue weighted by Crippen LogP contribution is 2.29. The topological polar surface area (TPSA) is 12.0 Å². The third kappa shape index (κ3) is 1.93. The summed E-state index contributed by atoms with van der Waals surface area (Å²) in [6.07, 6.45) is 0. The lowest BCUT2D eigenvalue weighted by Gasteiger charge is -2.22. The standard InChI is InChI=1S/C14H23N/c1-8-9(2)11(4)14(13(6)15-7)12(5)10(8)3/h13,15H,1-7H3. The van der Waals surface area contributed by atoms with Crippen molar-refractivity contribution < 1.29 is 0 Å². The third-order valence-electron chi connectivity index (χ3n) is 3.92. The van der Waals surface area contributed by atoms with Gasteiger partial charge in [0.25, 0.3) is 0 Å². The van der Waals surface area contributed by atoms with Gasteiger partial charge in [-0.1, -0.05) is 0 Å². The summed E-state index contributed by atoms with van der Waals surface area (Å²) in [4.78, 5) is 0. The van der Waals surface area contributed by atoms with Crippen molar-refractivity contribution in [2.75, 3.05) is 7.05 Å². The van der Waals surface area contributed by atoms with Gasteiger partial charge in [0, 0.05) is 6.04 Å². The maximum Gasteiger partial charge on any atom is 0.0294 e. The van der Waals surface area contributed by atoms with E-state index < -0.39 is 0 Å². The molecule has 0 fully saturated rings. The van der Waals surface area contributed by atoms with Gasteiger partial charge in [-0.05, 0) is 82.0 Å². The Hall–Kier alpha value is -0.820. The number of benzene rings is 1. The summed E-state index contributed by atoms with van der Waals surface area (Å²) in [5, 5.41) is 3.34. The van der Waals surface area contributed by atoms with E-state index in [0.29, 0.717) is 6.04 Å². The summed E-state index contributed by atoms with van der Waals surface area (Å²) in [7, 11) is 2.02. The molecule has 1 nitrogen and oxygen atoms in total. The zero-order chi connectivity index (χ0) is 11.7. The third-order valence-corrected chi connectivity index (χ3v) is 3.92. The van der Waals surface area contributed by atoms with Crippen LogP contribution in [0.15, 0.2) is 0 Å². The second kappa shape index (κ2) is 4.36. The van der Waals surface area contributed by atoms with Crippen LogP contribution < -0.4 is 5.32 Å². The van der Waals surface area contributed by atoms with Crippen LogP contribution in [0.2, 0.25) is 0 Å². The minimum atomic E-state index is 0.433. The Balaban J connectivity index is 3.52. The molecule has 1 unspecified atom stereocenters. The molecule has 0 spiro atoms. The molecule has 15 heavy (non-hydrogen) atoms. The Bertz CT molecular complexity index is 348. The van der Waals surface area contributed by atoms with Gasteiger partial charge >= 0.3 is 0 Å². The van der Waals surface area contributed by atoms with Gasteiger partial charge < -0.3 is 5.32 Å². The van der Waals surface area contributed by atoms with Gasteiger partial charge in [-0.15, -0.1) is 0 Å². The molecule has 0 saturated heterocycles. The van der Waals surface area contributed by atoms with E-state index in [9.17, 15) is 0 Å². The molecule has 1 N–H and O–H groups in total. The van der Waals surface area contributed by atoms with E-state index in [1.807, 2.05) is 7.05 Å². The van der Waals surface area contributed by atoms with Crippen molar-refractivity contribution in [3.05, 3.63) is 33.4 Å². The van der Waals surface area contributed by atoms with Crippen LogP contribution in [0.4, 0.5) is 0 Å². The molecule has 0 amide bonds. The fourth-order valence-corrected chi connectivity index (χ4v) is 2.32. The van der Waals surface area contributed by atoms with Crippen LogP contribution in [-0.4, -0.2) is 7.05 Å². The summed E-state index contributed by atoms with van der Waals surface area (Å²) < 4.78 is 0. The molecule has 1 aromatic carbocycles. The molecule has 0 saturated carbocycles. The summed E-state index contributed by atoms with van der Waals surface area (Å²) in [5.74, 6) is 0. The zero-order valence-electron chi connectivity index (χ0n) is 11.1. The SMILES string of the molecule is CNC(C)c1c(C)c(C)c(C)c(C)c1C. The number of hydrogen-bond acceptors (Lipinski definition) is 1. The van der Waals surface area contributed by atoms with Gasteiger partial charge in [-0.3, -0.25) is 0 Å². The molecule has 0 heterocycles. The minimum absolute atomic E-state index is 0.433. The van der Waals surface area contributed by atoms with Crippen LogP contribution >= 0.6 is 0 Å². The highest BCUT2D eigenvalue weighted by molar-refractivity contribution is 5.50. The van der Waals surface area contributed by atoms with E-state index in [2.05, 4.69) is 46.9 Å². The first-order valence-corrected chi connectivity index (χ1v) is 5.65. The van der Waals surface area contributed by atoms with Crippen molar-refractivity contribution in [3.63, 3.8) is 0 Å². The second-order valence-electron chi connectivity index (χ2n) is 4.55. The smallest absolute Gasteiger partial charge is 0.0294 e. The maximum atomic E-state index is 3.34. The Kier molecular flexibility index (Phi) is 3.56. The average Bonchev–Trinajstić information content (AvgIpc) is 2.23. The lowest BCUT2D eigenvalue weighted by Crippen LogP contribution is -2.16. The predicted molar refractivity (Wildman–Crippen MR) is 67.6 cm³/mol. The van der Waals surface area contributed by atoms with E-state index in [1.54, 1.807) is 0 Å². The predicted octanol–water partition coefficient (Wildman–Crippen LogP) is 3.51. The number of nitrogens with one attached hydrogen (secondary N) is 1. The van der Waals surface area contributed by atoms with Crippen LogP contribution in [0.25, 0.3) is 0 Å². The Morgan fingerprint density at radius 2 is 1.07 bits per heavy atom. The van der Waals surface area contributed by atoms with Gasteiger partial charge in [0.1, 0.15) is 0 Å². The maximum absolute atomic E-state index is 3.34. The average molecular weight is 205 g/mol. The molecule has 0 aliphatic heterocycles. The number of rotatable bonds is 2. The van der Waals surface area contributed by atoms with Crippen molar-refractivity contribution in [3.8, 4) is 0 Å². The summed E-state index contributed by atoms with van der Waals surface area (Å²) in [6.45, 7) is 13.4. The van der Waals surface area contributed by atoms with Crippen molar-refractivity contribution in [1.29, 1.82) is 0 Å². The van der Waals surface area contributed by atoms with Crippen molar-refractivity contribution in [2.45, 2.75) is 47.6 Å². The fraction of sp³-hybridized carbons (Fsp3) is 0.571. The first-order valence-electron chi connectivity index (χ1n) is 5.65. The minimum Gasteiger partial charge on any atom is -0.313 e. The van der Waals surface area contributed by atoms with E-state index in [4.69, 9.17) is 0 Å². The molecule has 1 rings (SSSR count). The van der Waals surface area contributed by atoms with E-state index in [0.717, 1.165) is 0 Å². The molecular weight excluding hydrogens is 182 g/mol. The van der Waals surface area contributed by atoms with E-state index in [1.165, 1.54) is 33.4 Å². The lowest BCUT2D eigenvalue weighted by atomic mass is 9.87. The molecule has 0 radical (unpaired) electrons. The Morgan fingerprint density at radius 3 is 1.40 bits per heavy atom. The second-order valence-corrected chi connectivity index (χ2v) is 4.55. The number of hydrogen-bond donors (Lipinski definition) is 1. The lowest BCUT2D eigenvalue weighted by molar-refractivity contribution is 0.642. The van der Waals surface area contributed by atoms with Crippen LogP contribution in [-0.2, 0) is 0 Å². The van der Waals surface area contributed by atoms with Gasteiger partial charge in [0.2, 0.25) is 0 Å². The summed E-state index contributed by atoms with van der Waals surface area (Å²) >= 11 is 0. The Morgan fingerprint density at radius 1 is 0.733 bits per heavy atom. The van der Waals surface area contributed by atoms with Gasteiger partial charge in [-0.25, -0.2) is 0 Å². The first-order chi connectivity index (χ1) is 6.91. The highest BCUT2D eigenvalue weighted by Gasteiger charge is 2.15. The van der Waals surface area contributed by atoms with E-state index >= 15 is 0 Å². The van der Waals surface area contributed by atoms with Gasteiger partial charge in [0.15, 0.2) is 0 Å². The first kappa shape index (κ1) is 12.3. The normalized spacial score (nSPS) is 13.0. The van der Waals surface area contributed by atoms with Crippen molar-refractivity contribution >= 4 is 0 Å². The summed E-state index contributed by atoms with van der Waals surface area (Å²) in [6, 6.07) is 0.433. The molecular formula is C14H23N. The molecule has 0 aliphatic rings. The van der Waals surface area contributed by atoms with Crippen LogP contribution in [0, 0.1) is 34.6 Å². The van der Waals surface area contributed by atoms with Crippen LogP contribution in [0.1, 0.15) is 46.3 Å². The van der Waals surface area contributed by atoms with Crippen LogP contribution in [0.5, 0.6) is 0 Å². The molecule has 1 aromatic rings. The highest BCUT2D eigenvalue weighted by atomic mass is 14.9. The molecule has 0 aliphatic carbocycles. The summed E-state index contributed by atoms with van der Waals surface area (Å²) in [5.41, 5.74) is 8.68. The quantitative estimate of drug-likeness (QED) is 0.779. The van der Waals surface area contributed by atoms with Crippen molar-refractivity contribution in [2.24, 2.45) is 0 Å².